The predicted molar refractivity (Wildman–Crippen MR) is 120 cm³/mol. The van der Waals surface area contributed by atoms with Gasteiger partial charge in [-0.15, -0.1) is 0 Å². The molecule has 0 aliphatic carbocycles. The van der Waals surface area contributed by atoms with Crippen LogP contribution in [0, 0.1) is 13.8 Å². The minimum atomic E-state index is -3.54. The Bertz CT molecular complexity index is 1000. The van der Waals surface area contributed by atoms with Crippen LogP contribution in [0.15, 0.2) is 46.5 Å². The topological polar surface area (TPSA) is 82.6 Å². The van der Waals surface area contributed by atoms with Gasteiger partial charge in [-0.25, -0.2) is 13.4 Å². The average molecular weight is 449 g/mol. The zero-order valence-corrected chi connectivity index (χ0v) is 19.4. The van der Waals surface area contributed by atoms with Crippen LogP contribution < -0.4 is 5.32 Å². The fourth-order valence-corrected chi connectivity index (χ4v) is 5.26. The van der Waals surface area contributed by atoms with Crippen LogP contribution in [0.3, 0.4) is 0 Å². The second-order valence-electron chi connectivity index (χ2n) is 7.61. The monoisotopic (exact) mass is 448 g/mol. The van der Waals surface area contributed by atoms with E-state index in [0.29, 0.717) is 31.2 Å². The lowest BCUT2D eigenvalue weighted by molar-refractivity contribution is -0.115. The molecule has 1 amide bonds. The summed E-state index contributed by atoms with van der Waals surface area (Å²) >= 11 is 1.30. The first-order chi connectivity index (χ1) is 14.2. The predicted octanol–water partition coefficient (Wildman–Crippen LogP) is 2.75. The Hall–Kier alpha value is -1.94. The molecule has 2 heterocycles. The van der Waals surface area contributed by atoms with Crippen molar-refractivity contribution in [2.24, 2.45) is 0 Å². The molecule has 1 aliphatic rings. The zero-order chi connectivity index (χ0) is 21.9. The number of hydrogen-bond acceptors (Lipinski definition) is 6. The molecule has 7 nitrogen and oxygen atoms in total. The van der Waals surface area contributed by atoms with Gasteiger partial charge in [0.1, 0.15) is 4.90 Å². The number of aromatic nitrogens is 1. The third-order valence-electron chi connectivity index (χ3n) is 5.13. The second kappa shape index (κ2) is 9.47. The summed E-state index contributed by atoms with van der Waals surface area (Å²) in [6, 6.07) is 9.16. The largest absolute Gasteiger partial charge is 0.325 e. The summed E-state index contributed by atoms with van der Waals surface area (Å²) in [7, 11) is -1.56. The molecule has 9 heteroatoms. The smallest absolute Gasteiger partial charge is 0.244 e. The van der Waals surface area contributed by atoms with Crippen LogP contribution in [-0.4, -0.2) is 67.0 Å². The van der Waals surface area contributed by atoms with E-state index in [-0.39, 0.29) is 16.1 Å². The highest BCUT2D eigenvalue weighted by molar-refractivity contribution is 8.00. The molecule has 0 radical (unpaired) electrons. The molecule has 2 aromatic rings. The molecule has 1 fully saturated rings. The molecule has 30 heavy (non-hydrogen) atoms. The number of carbonyl (C=O) groups excluding carboxylic acids is 1. The van der Waals surface area contributed by atoms with Gasteiger partial charge in [0.15, 0.2) is 0 Å². The number of piperazine rings is 1. The van der Waals surface area contributed by atoms with E-state index in [1.165, 1.54) is 22.3 Å². The van der Waals surface area contributed by atoms with Gasteiger partial charge < -0.3 is 10.2 Å². The number of carbonyl (C=O) groups is 1. The van der Waals surface area contributed by atoms with Crippen molar-refractivity contribution in [3.8, 4) is 0 Å². The third kappa shape index (κ3) is 5.40. The zero-order valence-electron chi connectivity index (χ0n) is 17.8. The van der Waals surface area contributed by atoms with E-state index in [1.54, 1.807) is 12.1 Å². The van der Waals surface area contributed by atoms with Crippen LogP contribution in [0.4, 0.5) is 5.69 Å². The summed E-state index contributed by atoms with van der Waals surface area (Å²) in [5, 5.41) is 3.19. The van der Waals surface area contributed by atoms with Crippen LogP contribution in [0.25, 0.3) is 0 Å². The van der Waals surface area contributed by atoms with E-state index >= 15 is 0 Å². The van der Waals surface area contributed by atoms with Gasteiger partial charge >= 0.3 is 0 Å². The molecule has 0 bridgehead atoms. The molecule has 162 valence electrons. The molecular weight excluding hydrogens is 420 g/mol. The van der Waals surface area contributed by atoms with Gasteiger partial charge in [0.05, 0.1) is 10.3 Å². The Morgan fingerprint density at radius 3 is 2.47 bits per heavy atom. The van der Waals surface area contributed by atoms with Crippen molar-refractivity contribution in [1.29, 1.82) is 0 Å². The van der Waals surface area contributed by atoms with Crippen LogP contribution in [-0.2, 0) is 14.8 Å². The fourth-order valence-electron chi connectivity index (χ4n) is 3.11. The summed E-state index contributed by atoms with van der Waals surface area (Å²) in [6.45, 7) is 8.13. The maximum atomic E-state index is 12.8. The first-order valence-electron chi connectivity index (χ1n) is 9.86. The Morgan fingerprint density at radius 2 is 1.83 bits per heavy atom. The number of nitrogens with one attached hydrogen (secondary N) is 1. The molecule has 1 aromatic carbocycles. The number of sulfonamides is 1. The average Bonchev–Trinajstić information content (AvgIpc) is 2.71. The standard InChI is InChI=1S/C21H28N4O3S2/c1-15-5-6-16(2)19(13-15)23-21(26)17(3)29-20-8-7-18(14-22-20)30(27,28)25-11-9-24(4)10-12-25/h5-8,13-14,17H,9-12H2,1-4H3,(H,23,26). The first-order valence-corrected chi connectivity index (χ1v) is 12.2. The Balaban J connectivity index is 1.63. The van der Waals surface area contributed by atoms with Crippen molar-refractivity contribution < 1.29 is 13.2 Å². The highest BCUT2D eigenvalue weighted by atomic mass is 32.2. The van der Waals surface area contributed by atoms with Crippen LogP contribution in [0.5, 0.6) is 0 Å². The number of thioether (sulfide) groups is 1. The minimum absolute atomic E-state index is 0.121. The molecule has 1 N–H and O–H groups in total. The van der Waals surface area contributed by atoms with E-state index in [1.807, 2.05) is 46.0 Å². The second-order valence-corrected chi connectivity index (χ2v) is 10.9. The molecule has 3 rings (SSSR count). The van der Waals surface area contributed by atoms with E-state index in [2.05, 4.69) is 15.2 Å². The van der Waals surface area contributed by atoms with E-state index in [0.717, 1.165) is 16.8 Å². The number of benzene rings is 1. The van der Waals surface area contributed by atoms with E-state index in [9.17, 15) is 13.2 Å². The van der Waals surface area contributed by atoms with E-state index < -0.39 is 10.0 Å². The van der Waals surface area contributed by atoms with Crippen LogP contribution in [0.1, 0.15) is 18.1 Å². The summed E-state index contributed by atoms with van der Waals surface area (Å²) in [5.41, 5.74) is 2.88. The molecule has 1 saturated heterocycles. The maximum absolute atomic E-state index is 12.8. The number of nitrogens with zero attached hydrogens (tertiary/aromatic N) is 3. The number of aryl methyl sites for hydroxylation is 2. The quantitative estimate of drug-likeness (QED) is 0.685. The first kappa shape index (κ1) is 22.7. The lowest BCUT2D eigenvalue weighted by Gasteiger charge is -2.31. The number of likely N-dealkylation sites (N-methyl/N-ethyl adjacent to an activating group) is 1. The Labute approximate surface area is 182 Å². The van der Waals surface area contributed by atoms with Crippen molar-refractivity contribution in [3.05, 3.63) is 47.7 Å². The molecule has 1 unspecified atom stereocenters. The number of rotatable bonds is 6. The van der Waals surface area contributed by atoms with Gasteiger partial charge in [0.2, 0.25) is 15.9 Å². The van der Waals surface area contributed by atoms with Crippen LogP contribution in [0.2, 0.25) is 0 Å². The lowest BCUT2D eigenvalue weighted by Crippen LogP contribution is -2.47. The summed E-state index contributed by atoms with van der Waals surface area (Å²) in [6.07, 6.45) is 1.38. The van der Waals surface area contributed by atoms with Crippen molar-refractivity contribution in [2.75, 3.05) is 38.5 Å². The highest BCUT2D eigenvalue weighted by Crippen LogP contribution is 2.25. The van der Waals surface area contributed by atoms with Crippen molar-refractivity contribution in [2.45, 2.75) is 35.9 Å². The number of hydrogen-bond donors (Lipinski definition) is 1. The molecular formula is C21H28N4O3S2. The van der Waals surface area contributed by atoms with Crippen LogP contribution >= 0.6 is 11.8 Å². The molecule has 1 aliphatic heterocycles. The SMILES string of the molecule is Cc1ccc(C)c(NC(=O)C(C)Sc2ccc(S(=O)(=O)N3CCN(C)CC3)cn2)c1. The van der Waals surface area contributed by atoms with Crippen molar-refractivity contribution >= 4 is 33.4 Å². The number of amides is 1. The molecule has 0 saturated carbocycles. The molecule has 1 aromatic heterocycles. The maximum Gasteiger partial charge on any atom is 0.244 e. The highest BCUT2D eigenvalue weighted by Gasteiger charge is 2.27. The van der Waals surface area contributed by atoms with E-state index in [4.69, 9.17) is 0 Å². The fraction of sp³-hybridized carbons (Fsp3) is 0.429. The normalized spacial score (nSPS) is 16.9. The van der Waals surface area contributed by atoms with Gasteiger partial charge in [-0.2, -0.15) is 4.31 Å². The van der Waals surface area contributed by atoms with Gasteiger partial charge in [0, 0.05) is 38.1 Å². The third-order valence-corrected chi connectivity index (χ3v) is 8.06. The summed E-state index contributed by atoms with van der Waals surface area (Å²) in [5.74, 6) is -0.121. The Morgan fingerprint density at radius 1 is 1.13 bits per heavy atom. The minimum Gasteiger partial charge on any atom is -0.325 e. The van der Waals surface area contributed by atoms with Gasteiger partial charge in [0.25, 0.3) is 0 Å². The summed E-state index contributed by atoms with van der Waals surface area (Å²) in [4.78, 5) is 19.1. The van der Waals surface area contributed by atoms with Gasteiger partial charge in [-0.1, -0.05) is 23.9 Å². The van der Waals surface area contributed by atoms with Crippen molar-refractivity contribution in [1.82, 2.24) is 14.2 Å². The number of pyridine rings is 1. The lowest BCUT2D eigenvalue weighted by atomic mass is 10.1. The Kier molecular flexibility index (Phi) is 7.18. The van der Waals surface area contributed by atoms with Gasteiger partial charge in [-0.05, 0) is 57.1 Å². The molecule has 0 spiro atoms. The molecule has 1 atom stereocenters. The van der Waals surface area contributed by atoms with Gasteiger partial charge in [-0.3, -0.25) is 4.79 Å². The van der Waals surface area contributed by atoms with Crippen molar-refractivity contribution in [3.63, 3.8) is 0 Å². The summed E-state index contributed by atoms with van der Waals surface area (Å²) < 4.78 is 27.1. The number of anilines is 1.